The van der Waals surface area contributed by atoms with Crippen LogP contribution in [0.2, 0.25) is 0 Å². The molecule has 5 rings (SSSR count). The van der Waals surface area contributed by atoms with E-state index in [0.717, 1.165) is 42.2 Å². The van der Waals surface area contributed by atoms with Gasteiger partial charge in [0.1, 0.15) is 22.8 Å². The number of para-hydroxylation sites is 1. The van der Waals surface area contributed by atoms with Gasteiger partial charge in [0.25, 0.3) is 0 Å². The molecule has 0 N–H and O–H groups in total. The highest BCUT2D eigenvalue weighted by atomic mass is 32.1. The second kappa shape index (κ2) is 7.44. The minimum absolute atomic E-state index is 0.162. The molecule has 0 bridgehead atoms. The maximum atomic E-state index is 14.2. The number of thiophene rings is 1. The Hall–Kier alpha value is -2.99. The van der Waals surface area contributed by atoms with Crippen LogP contribution in [-0.2, 0) is 0 Å². The number of hydrogen-bond acceptors (Lipinski definition) is 5. The van der Waals surface area contributed by atoms with E-state index in [1.54, 1.807) is 23.7 Å². The molecule has 1 saturated heterocycles. The summed E-state index contributed by atoms with van der Waals surface area (Å²) in [4.78, 5) is 14.6. The van der Waals surface area contributed by atoms with E-state index < -0.39 is 0 Å². The number of aromatic nitrogens is 2. The predicted molar refractivity (Wildman–Crippen MR) is 118 cm³/mol. The molecule has 0 unspecified atom stereocenters. The number of rotatable bonds is 3. The molecular weight excluding hydrogens is 383 g/mol. The van der Waals surface area contributed by atoms with Crippen LogP contribution >= 0.6 is 11.3 Å². The highest BCUT2D eigenvalue weighted by molar-refractivity contribution is 7.17. The van der Waals surface area contributed by atoms with Gasteiger partial charge in [-0.2, -0.15) is 0 Å². The van der Waals surface area contributed by atoms with Crippen LogP contribution in [0.5, 0.6) is 0 Å². The van der Waals surface area contributed by atoms with Crippen LogP contribution < -0.4 is 9.80 Å². The molecule has 1 aliphatic rings. The van der Waals surface area contributed by atoms with Crippen LogP contribution in [0.1, 0.15) is 5.56 Å². The minimum atomic E-state index is -0.162. The van der Waals surface area contributed by atoms with Crippen molar-refractivity contribution in [2.75, 3.05) is 36.0 Å². The summed E-state index contributed by atoms with van der Waals surface area (Å²) in [6.07, 6.45) is 1.65. The number of nitrogens with zero attached hydrogens (tertiary/aromatic N) is 4. The maximum Gasteiger partial charge on any atom is 0.146 e. The van der Waals surface area contributed by atoms with Gasteiger partial charge < -0.3 is 9.80 Å². The number of piperazine rings is 1. The zero-order chi connectivity index (χ0) is 19.8. The second-order valence-electron chi connectivity index (χ2n) is 7.32. The Morgan fingerprint density at radius 1 is 0.897 bits per heavy atom. The lowest BCUT2D eigenvalue weighted by Gasteiger charge is -2.37. The minimum Gasteiger partial charge on any atom is -0.366 e. The fraction of sp³-hybridized carbons (Fsp3) is 0.217. The van der Waals surface area contributed by atoms with E-state index in [1.807, 2.05) is 12.1 Å². The molecule has 6 heteroatoms. The standard InChI is InChI=1S/C23H21FN4S/c1-16-6-8-17(9-7-16)18-14-29-23-21(18)22(25-15-26-23)28-12-10-27(11-13-28)20-5-3-2-4-19(20)24/h2-9,14-15H,10-13H2,1H3. The molecule has 2 aromatic heterocycles. The van der Waals surface area contributed by atoms with Crippen LogP contribution in [0, 0.1) is 12.7 Å². The first-order valence-electron chi connectivity index (χ1n) is 9.74. The lowest BCUT2D eigenvalue weighted by molar-refractivity contribution is 0.596. The average molecular weight is 405 g/mol. The van der Waals surface area contributed by atoms with Gasteiger partial charge in [0, 0.05) is 37.1 Å². The molecule has 1 aliphatic heterocycles. The molecule has 0 amide bonds. The Bertz CT molecular complexity index is 1150. The fourth-order valence-electron chi connectivity index (χ4n) is 3.91. The van der Waals surface area contributed by atoms with Crippen molar-refractivity contribution in [2.45, 2.75) is 6.92 Å². The Labute approximate surface area is 173 Å². The number of fused-ring (bicyclic) bond motifs is 1. The van der Waals surface area contributed by atoms with E-state index in [2.05, 4.69) is 56.3 Å². The molecular formula is C23H21FN4S. The van der Waals surface area contributed by atoms with Crippen molar-refractivity contribution in [3.63, 3.8) is 0 Å². The van der Waals surface area contributed by atoms with E-state index in [0.29, 0.717) is 5.69 Å². The topological polar surface area (TPSA) is 32.3 Å². The van der Waals surface area contributed by atoms with Gasteiger partial charge in [0.05, 0.1) is 11.1 Å². The molecule has 0 spiro atoms. The monoisotopic (exact) mass is 404 g/mol. The zero-order valence-electron chi connectivity index (χ0n) is 16.2. The van der Waals surface area contributed by atoms with Crippen molar-refractivity contribution in [3.05, 3.63) is 71.6 Å². The number of aryl methyl sites for hydroxylation is 1. The summed E-state index contributed by atoms with van der Waals surface area (Å²) >= 11 is 1.65. The van der Waals surface area contributed by atoms with Crippen molar-refractivity contribution in [1.29, 1.82) is 0 Å². The lowest BCUT2D eigenvalue weighted by atomic mass is 10.0. The maximum absolute atomic E-state index is 14.2. The summed E-state index contributed by atoms with van der Waals surface area (Å²) in [5.74, 6) is 0.810. The second-order valence-corrected chi connectivity index (χ2v) is 8.18. The first kappa shape index (κ1) is 18.1. The van der Waals surface area contributed by atoms with Gasteiger partial charge in [-0.1, -0.05) is 42.0 Å². The number of halogens is 1. The molecule has 0 saturated carbocycles. The summed E-state index contributed by atoms with van der Waals surface area (Å²) in [7, 11) is 0. The summed E-state index contributed by atoms with van der Waals surface area (Å²) in [6.45, 7) is 5.21. The van der Waals surface area contributed by atoms with Gasteiger partial charge in [0.2, 0.25) is 0 Å². The largest absolute Gasteiger partial charge is 0.366 e. The van der Waals surface area contributed by atoms with Crippen molar-refractivity contribution in [1.82, 2.24) is 9.97 Å². The van der Waals surface area contributed by atoms with Crippen LogP contribution in [0.25, 0.3) is 21.3 Å². The Morgan fingerprint density at radius 3 is 2.38 bits per heavy atom. The first-order chi connectivity index (χ1) is 14.2. The average Bonchev–Trinajstić information content (AvgIpc) is 3.19. The Kier molecular flexibility index (Phi) is 4.64. The fourth-order valence-corrected chi connectivity index (χ4v) is 4.82. The van der Waals surface area contributed by atoms with Crippen LogP contribution in [0.3, 0.4) is 0 Å². The first-order valence-corrected chi connectivity index (χ1v) is 10.6. The van der Waals surface area contributed by atoms with E-state index in [9.17, 15) is 4.39 Å². The van der Waals surface area contributed by atoms with Gasteiger partial charge in [-0.25, -0.2) is 14.4 Å². The molecule has 146 valence electrons. The number of hydrogen-bond donors (Lipinski definition) is 0. The van der Waals surface area contributed by atoms with Crippen molar-refractivity contribution < 1.29 is 4.39 Å². The zero-order valence-corrected chi connectivity index (χ0v) is 17.0. The highest BCUT2D eigenvalue weighted by Crippen LogP contribution is 2.38. The summed E-state index contributed by atoms with van der Waals surface area (Å²) in [5.41, 5.74) is 4.28. The Morgan fingerprint density at radius 2 is 1.62 bits per heavy atom. The molecule has 0 atom stereocenters. The normalized spacial score (nSPS) is 14.6. The van der Waals surface area contributed by atoms with E-state index in [4.69, 9.17) is 0 Å². The highest BCUT2D eigenvalue weighted by Gasteiger charge is 2.23. The van der Waals surface area contributed by atoms with Crippen LogP contribution in [0.15, 0.2) is 60.2 Å². The van der Waals surface area contributed by atoms with E-state index >= 15 is 0 Å². The molecule has 4 nitrogen and oxygen atoms in total. The van der Waals surface area contributed by atoms with Gasteiger partial charge in [-0.15, -0.1) is 11.3 Å². The van der Waals surface area contributed by atoms with Gasteiger partial charge >= 0.3 is 0 Å². The molecule has 29 heavy (non-hydrogen) atoms. The summed E-state index contributed by atoms with van der Waals surface area (Å²) in [5, 5.41) is 3.28. The number of benzene rings is 2. The third kappa shape index (κ3) is 3.34. The van der Waals surface area contributed by atoms with Crippen LogP contribution in [0.4, 0.5) is 15.9 Å². The Balaban J connectivity index is 1.46. The van der Waals surface area contributed by atoms with E-state index in [1.165, 1.54) is 22.8 Å². The van der Waals surface area contributed by atoms with Crippen molar-refractivity contribution in [3.8, 4) is 11.1 Å². The SMILES string of the molecule is Cc1ccc(-c2csc3ncnc(N4CCN(c5ccccc5F)CC4)c23)cc1. The molecule has 0 aliphatic carbocycles. The quantitative estimate of drug-likeness (QED) is 0.474. The molecule has 3 heterocycles. The van der Waals surface area contributed by atoms with Gasteiger partial charge in [-0.3, -0.25) is 0 Å². The third-order valence-corrected chi connectivity index (χ3v) is 6.37. The summed E-state index contributed by atoms with van der Waals surface area (Å²) in [6, 6.07) is 15.6. The van der Waals surface area contributed by atoms with Crippen molar-refractivity contribution >= 4 is 33.1 Å². The van der Waals surface area contributed by atoms with Crippen LogP contribution in [-0.4, -0.2) is 36.1 Å². The van der Waals surface area contributed by atoms with Gasteiger partial charge in [-0.05, 0) is 24.6 Å². The smallest absolute Gasteiger partial charge is 0.146 e. The van der Waals surface area contributed by atoms with E-state index in [-0.39, 0.29) is 5.82 Å². The van der Waals surface area contributed by atoms with Crippen molar-refractivity contribution in [2.24, 2.45) is 0 Å². The third-order valence-electron chi connectivity index (χ3n) is 5.49. The molecule has 1 fully saturated rings. The predicted octanol–water partition coefficient (Wildman–Crippen LogP) is 5.13. The molecule has 4 aromatic rings. The summed E-state index contributed by atoms with van der Waals surface area (Å²) < 4.78 is 14.2. The lowest BCUT2D eigenvalue weighted by Crippen LogP contribution is -2.47. The molecule has 2 aromatic carbocycles. The van der Waals surface area contributed by atoms with Gasteiger partial charge in [0.15, 0.2) is 0 Å². The number of anilines is 2. The molecule has 0 radical (unpaired) electrons.